The van der Waals surface area contributed by atoms with E-state index >= 15 is 0 Å². The molecule has 0 fully saturated rings. The minimum Gasteiger partial charge on any atom is -0.394 e. The molecular formula is C16H17BrClNO. The van der Waals surface area contributed by atoms with Crippen molar-refractivity contribution < 1.29 is 5.11 Å². The monoisotopic (exact) mass is 353 g/mol. The number of aryl methyl sites for hydroxylation is 2. The van der Waals surface area contributed by atoms with Crippen LogP contribution in [-0.2, 0) is 0 Å². The van der Waals surface area contributed by atoms with Gasteiger partial charge < -0.3 is 10.4 Å². The van der Waals surface area contributed by atoms with E-state index in [9.17, 15) is 5.11 Å². The Morgan fingerprint density at radius 2 is 1.85 bits per heavy atom. The Kier molecular flexibility index (Phi) is 5.08. The first-order valence-electron chi connectivity index (χ1n) is 6.41. The van der Waals surface area contributed by atoms with E-state index in [4.69, 9.17) is 11.6 Å². The van der Waals surface area contributed by atoms with Gasteiger partial charge in [-0.1, -0.05) is 29.8 Å². The van der Waals surface area contributed by atoms with Crippen molar-refractivity contribution in [2.45, 2.75) is 19.9 Å². The van der Waals surface area contributed by atoms with E-state index in [2.05, 4.69) is 47.2 Å². The molecule has 1 unspecified atom stereocenters. The van der Waals surface area contributed by atoms with Gasteiger partial charge in [-0.25, -0.2) is 0 Å². The van der Waals surface area contributed by atoms with Gasteiger partial charge in [0.1, 0.15) is 0 Å². The Hall–Kier alpha value is -1.03. The average molecular weight is 355 g/mol. The van der Waals surface area contributed by atoms with E-state index in [-0.39, 0.29) is 12.6 Å². The van der Waals surface area contributed by atoms with Crippen LogP contribution in [0.25, 0.3) is 0 Å². The summed E-state index contributed by atoms with van der Waals surface area (Å²) >= 11 is 9.40. The number of hydrogen-bond donors (Lipinski definition) is 2. The predicted octanol–water partition coefficient (Wildman–Crippen LogP) is 4.86. The molecule has 2 aromatic carbocycles. The van der Waals surface area contributed by atoms with E-state index in [0.29, 0.717) is 5.02 Å². The molecule has 0 aliphatic heterocycles. The molecule has 0 heterocycles. The van der Waals surface area contributed by atoms with E-state index in [1.807, 2.05) is 24.3 Å². The summed E-state index contributed by atoms with van der Waals surface area (Å²) in [6, 6.07) is 11.7. The number of nitrogens with one attached hydrogen (secondary N) is 1. The molecule has 4 heteroatoms. The Labute approximate surface area is 132 Å². The van der Waals surface area contributed by atoms with Crippen LogP contribution in [0.1, 0.15) is 22.7 Å². The minimum absolute atomic E-state index is 0.0337. The maximum absolute atomic E-state index is 9.71. The normalized spacial score (nSPS) is 12.2. The fourth-order valence-corrected chi connectivity index (χ4v) is 2.87. The smallest absolute Gasteiger partial charge is 0.0750 e. The van der Waals surface area contributed by atoms with Crippen LogP contribution >= 0.6 is 27.5 Å². The standard InChI is InChI=1S/C16H17BrClNO/c1-10-4-3-5-11(2)16(10)15(9-20)19-12-6-7-14(18)13(17)8-12/h3-8,15,19-20H,9H2,1-2H3. The van der Waals surface area contributed by atoms with Crippen molar-refractivity contribution >= 4 is 33.2 Å². The maximum Gasteiger partial charge on any atom is 0.0750 e. The minimum atomic E-state index is -0.135. The highest BCUT2D eigenvalue weighted by atomic mass is 79.9. The van der Waals surface area contributed by atoms with Crippen LogP contribution in [0.3, 0.4) is 0 Å². The van der Waals surface area contributed by atoms with Gasteiger partial charge in [0.15, 0.2) is 0 Å². The molecular weight excluding hydrogens is 338 g/mol. The molecule has 0 radical (unpaired) electrons. The van der Waals surface area contributed by atoms with Gasteiger partial charge in [-0.05, 0) is 64.7 Å². The van der Waals surface area contributed by atoms with Crippen molar-refractivity contribution in [2.24, 2.45) is 0 Å². The predicted molar refractivity (Wildman–Crippen MR) is 88.5 cm³/mol. The molecule has 0 spiro atoms. The largest absolute Gasteiger partial charge is 0.394 e. The molecule has 2 rings (SSSR count). The highest BCUT2D eigenvalue weighted by molar-refractivity contribution is 9.10. The van der Waals surface area contributed by atoms with Gasteiger partial charge in [0, 0.05) is 10.2 Å². The maximum atomic E-state index is 9.71. The molecule has 0 aliphatic rings. The molecule has 1 atom stereocenters. The molecule has 2 aromatic rings. The summed E-state index contributed by atoms with van der Waals surface area (Å²) in [6.45, 7) is 4.15. The Morgan fingerprint density at radius 3 is 2.40 bits per heavy atom. The summed E-state index contributed by atoms with van der Waals surface area (Å²) in [5.41, 5.74) is 4.40. The van der Waals surface area contributed by atoms with Crippen LogP contribution in [0.2, 0.25) is 5.02 Å². The summed E-state index contributed by atoms with van der Waals surface area (Å²) in [4.78, 5) is 0. The number of aliphatic hydroxyl groups excluding tert-OH is 1. The Bertz CT molecular complexity index is 595. The molecule has 106 valence electrons. The Balaban J connectivity index is 2.31. The van der Waals surface area contributed by atoms with Gasteiger partial charge in [-0.15, -0.1) is 0 Å². The van der Waals surface area contributed by atoms with Crippen LogP contribution in [0, 0.1) is 13.8 Å². The number of halogens is 2. The Morgan fingerprint density at radius 1 is 1.20 bits per heavy atom. The third kappa shape index (κ3) is 3.35. The number of anilines is 1. The number of aliphatic hydroxyl groups is 1. The molecule has 0 amide bonds. The van der Waals surface area contributed by atoms with Crippen molar-refractivity contribution in [1.82, 2.24) is 0 Å². The second kappa shape index (κ2) is 6.61. The molecule has 0 aliphatic carbocycles. The molecule has 20 heavy (non-hydrogen) atoms. The van der Waals surface area contributed by atoms with E-state index in [1.54, 1.807) is 0 Å². The summed E-state index contributed by atoms with van der Waals surface area (Å²) < 4.78 is 0.836. The van der Waals surface area contributed by atoms with Gasteiger partial charge in [-0.3, -0.25) is 0 Å². The van der Waals surface area contributed by atoms with Crippen molar-refractivity contribution in [3.8, 4) is 0 Å². The second-order valence-corrected chi connectivity index (χ2v) is 6.08. The first kappa shape index (κ1) is 15.4. The first-order chi connectivity index (χ1) is 9.52. The van der Waals surface area contributed by atoms with Crippen LogP contribution in [0.5, 0.6) is 0 Å². The highest BCUT2D eigenvalue weighted by Crippen LogP contribution is 2.29. The first-order valence-corrected chi connectivity index (χ1v) is 7.58. The lowest BCUT2D eigenvalue weighted by Crippen LogP contribution is -2.17. The topological polar surface area (TPSA) is 32.3 Å². The molecule has 2 N–H and O–H groups in total. The molecule has 0 saturated heterocycles. The third-order valence-electron chi connectivity index (χ3n) is 3.33. The number of rotatable bonds is 4. The SMILES string of the molecule is Cc1cccc(C)c1C(CO)Nc1ccc(Cl)c(Br)c1. The van der Waals surface area contributed by atoms with Crippen LogP contribution in [0.15, 0.2) is 40.9 Å². The lowest BCUT2D eigenvalue weighted by atomic mass is 9.96. The van der Waals surface area contributed by atoms with Gasteiger partial charge in [0.25, 0.3) is 0 Å². The lowest BCUT2D eigenvalue weighted by molar-refractivity contribution is 0.275. The van der Waals surface area contributed by atoms with Crippen molar-refractivity contribution in [2.75, 3.05) is 11.9 Å². The van der Waals surface area contributed by atoms with Crippen LogP contribution in [-0.4, -0.2) is 11.7 Å². The number of benzene rings is 2. The zero-order valence-electron chi connectivity index (χ0n) is 11.5. The lowest BCUT2D eigenvalue weighted by Gasteiger charge is -2.22. The van der Waals surface area contributed by atoms with Gasteiger partial charge in [0.05, 0.1) is 17.7 Å². The van der Waals surface area contributed by atoms with Gasteiger partial charge >= 0.3 is 0 Å². The quantitative estimate of drug-likeness (QED) is 0.821. The summed E-state index contributed by atoms with van der Waals surface area (Å²) in [7, 11) is 0. The van der Waals surface area contributed by atoms with Crippen LogP contribution < -0.4 is 5.32 Å². The fraction of sp³-hybridized carbons (Fsp3) is 0.250. The molecule has 0 saturated carbocycles. The zero-order valence-corrected chi connectivity index (χ0v) is 13.8. The van der Waals surface area contributed by atoms with Crippen molar-refractivity contribution in [1.29, 1.82) is 0 Å². The third-order valence-corrected chi connectivity index (χ3v) is 4.55. The van der Waals surface area contributed by atoms with Crippen molar-refractivity contribution in [3.05, 3.63) is 62.6 Å². The van der Waals surface area contributed by atoms with Crippen molar-refractivity contribution in [3.63, 3.8) is 0 Å². The van der Waals surface area contributed by atoms with E-state index < -0.39 is 0 Å². The van der Waals surface area contributed by atoms with Gasteiger partial charge in [0.2, 0.25) is 0 Å². The summed E-state index contributed by atoms with van der Waals surface area (Å²) in [5, 5.41) is 13.7. The summed E-state index contributed by atoms with van der Waals surface area (Å²) in [5.74, 6) is 0. The van der Waals surface area contributed by atoms with Gasteiger partial charge in [-0.2, -0.15) is 0 Å². The summed E-state index contributed by atoms with van der Waals surface area (Å²) in [6.07, 6.45) is 0. The zero-order chi connectivity index (χ0) is 14.7. The molecule has 0 bridgehead atoms. The van der Waals surface area contributed by atoms with E-state index in [1.165, 1.54) is 11.1 Å². The highest BCUT2D eigenvalue weighted by Gasteiger charge is 2.15. The number of hydrogen-bond acceptors (Lipinski definition) is 2. The fourth-order valence-electron chi connectivity index (χ4n) is 2.37. The van der Waals surface area contributed by atoms with E-state index in [0.717, 1.165) is 15.7 Å². The molecule has 2 nitrogen and oxygen atoms in total. The van der Waals surface area contributed by atoms with Crippen LogP contribution in [0.4, 0.5) is 5.69 Å². The molecule has 0 aromatic heterocycles. The average Bonchev–Trinajstić information content (AvgIpc) is 2.41. The second-order valence-electron chi connectivity index (χ2n) is 4.81.